The molecule has 0 fully saturated rings. The SMILES string of the molecule is Cc1cccc(OCC(=O)N/N=C\c2ccc(N(C)C)cc2)c1. The molecular formula is C18H21N3O2. The normalized spacial score (nSPS) is 10.6. The molecule has 0 saturated heterocycles. The van der Waals surface area contributed by atoms with Gasteiger partial charge in [-0.2, -0.15) is 5.10 Å². The third-order valence-corrected chi connectivity index (χ3v) is 3.17. The average Bonchev–Trinajstić information content (AvgIpc) is 2.53. The van der Waals surface area contributed by atoms with Crippen LogP contribution in [-0.2, 0) is 4.79 Å². The molecule has 0 unspecified atom stereocenters. The zero-order valence-corrected chi connectivity index (χ0v) is 13.6. The summed E-state index contributed by atoms with van der Waals surface area (Å²) in [4.78, 5) is 13.7. The van der Waals surface area contributed by atoms with Crippen molar-refractivity contribution in [2.45, 2.75) is 6.92 Å². The third-order valence-electron chi connectivity index (χ3n) is 3.17. The van der Waals surface area contributed by atoms with E-state index in [9.17, 15) is 4.79 Å². The number of anilines is 1. The molecule has 120 valence electrons. The van der Waals surface area contributed by atoms with Gasteiger partial charge in [-0.25, -0.2) is 5.43 Å². The first kappa shape index (κ1) is 16.5. The molecule has 23 heavy (non-hydrogen) atoms. The Labute approximate surface area is 136 Å². The molecule has 5 heteroatoms. The molecule has 5 nitrogen and oxygen atoms in total. The number of carbonyl (C=O) groups excluding carboxylic acids is 1. The van der Waals surface area contributed by atoms with E-state index in [-0.39, 0.29) is 12.5 Å². The van der Waals surface area contributed by atoms with Gasteiger partial charge in [0.05, 0.1) is 6.21 Å². The Hall–Kier alpha value is -2.82. The van der Waals surface area contributed by atoms with Crippen LogP contribution in [-0.4, -0.2) is 32.8 Å². The number of amides is 1. The van der Waals surface area contributed by atoms with Crippen molar-refractivity contribution in [3.63, 3.8) is 0 Å². The number of hydrogen-bond acceptors (Lipinski definition) is 4. The molecule has 0 aliphatic rings. The molecule has 2 aromatic rings. The van der Waals surface area contributed by atoms with Gasteiger partial charge in [0.1, 0.15) is 5.75 Å². The van der Waals surface area contributed by atoms with E-state index in [1.54, 1.807) is 6.21 Å². The molecule has 0 saturated carbocycles. The predicted molar refractivity (Wildman–Crippen MR) is 93.2 cm³/mol. The van der Waals surface area contributed by atoms with Crippen LogP contribution >= 0.6 is 0 Å². The van der Waals surface area contributed by atoms with Crippen LogP contribution in [0.2, 0.25) is 0 Å². The molecule has 0 aliphatic heterocycles. The van der Waals surface area contributed by atoms with Gasteiger partial charge in [-0.3, -0.25) is 4.79 Å². The van der Waals surface area contributed by atoms with E-state index in [1.807, 2.05) is 74.4 Å². The lowest BCUT2D eigenvalue weighted by Gasteiger charge is -2.11. The number of nitrogens with one attached hydrogen (secondary N) is 1. The summed E-state index contributed by atoms with van der Waals surface area (Å²) in [5, 5.41) is 3.93. The van der Waals surface area contributed by atoms with Crippen molar-refractivity contribution in [1.29, 1.82) is 0 Å². The highest BCUT2D eigenvalue weighted by Crippen LogP contribution is 2.12. The maximum absolute atomic E-state index is 11.7. The van der Waals surface area contributed by atoms with E-state index < -0.39 is 0 Å². The van der Waals surface area contributed by atoms with Gasteiger partial charge in [0.25, 0.3) is 5.91 Å². The molecule has 0 aliphatic carbocycles. The molecule has 0 radical (unpaired) electrons. The predicted octanol–water partition coefficient (Wildman–Crippen LogP) is 2.59. The number of benzene rings is 2. The quantitative estimate of drug-likeness (QED) is 0.659. The van der Waals surface area contributed by atoms with Crippen LogP contribution in [0, 0.1) is 6.92 Å². The van der Waals surface area contributed by atoms with Crippen LogP contribution in [0.15, 0.2) is 53.6 Å². The Morgan fingerprint density at radius 3 is 2.61 bits per heavy atom. The summed E-state index contributed by atoms with van der Waals surface area (Å²) >= 11 is 0. The molecule has 0 spiro atoms. The fourth-order valence-corrected chi connectivity index (χ4v) is 1.92. The Kier molecular flexibility index (Phi) is 5.74. The first-order valence-corrected chi connectivity index (χ1v) is 7.33. The monoisotopic (exact) mass is 311 g/mol. The Morgan fingerprint density at radius 2 is 1.96 bits per heavy atom. The van der Waals surface area contributed by atoms with Crippen LogP contribution < -0.4 is 15.1 Å². The summed E-state index contributed by atoms with van der Waals surface area (Å²) in [5.74, 6) is 0.371. The van der Waals surface area contributed by atoms with Gasteiger partial charge in [-0.1, -0.05) is 24.3 Å². The van der Waals surface area contributed by atoms with Crippen molar-refractivity contribution in [3.05, 3.63) is 59.7 Å². The standard InChI is InChI=1S/C18H21N3O2/c1-14-5-4-6-17(11-14)23-13-18(22)20-19-12-15-7-9-16(10-8-15)21(2)3/h4-12H,13H2,1-3H3,(H,20,22)/b19-12-. The molecule has 2 aromatic carbocycles. The molecule has 1 amide bonds. The highest BCUT2D eigenvalue weighted by Gasteiger charge is 2.01. The van der Waals surface area contributed by atoms with Gasteiger partial charge < -0.3 is 9.64 Å². The van der Waals surface area contributed by atoms with Gasteiger partial charge in [-0.05, 0) is 42.3 Å². The zero-order chi connectivity index (χ0) is 16.7. The lowest BCUT2D eigenvalue weighted by Crippen LogP contribution is -2.24. The van der Waals surface area contributed by atoms with Crippen molar-refractivity contribution >= 4 is 17.8 Å². The fourth-order valence-electron chi connectivity index (χ4n) is 1.92. The van der Waals surface area contributed by atoms with Crippen molar-refractivity contribution in [1.82, 2.24) is 5.43 Å². The first-order chi connectivity index (χ1) is 11.0. The molecule has 2 rings (SSSR count). The second-order valence-corrected chi connectivity index (χ2v) is 5.38. The number of nitrogens with zero attached hydrogens (tertiary/aromatic N) is 2. The maximum Gasteiger partial charge on any atom is 0.277 e. The summed E-state index contributed by atoms with van der Waals surface area (Å²) in [7, 11) is 3.97. The van der Waals surface area contributed by atoms with E-state index in [4.69, 9.17) is 4.74 Å². The van der Waals surface area contributed by atoms with E-state index in [2.05, 4.69) is 10.5 Å². The number of hydrogen-bond donors (Lipinski definition) is 1. The highest BCUT2D eigenvalue weighted by molar-refractivity contribution is 5.83. The minimum atomic E-state index is -0.298. The van der Waals surface area contributed by atoms with Crippen LogP contribution in [0.25, 0.3) is 0 Å². The molecule has 1 N–H and O–H groups in total. The van der Waals surface area contributed by atoms with Gasteiger partial charge in [-0.15, -0.1) is 0 Å². The van der Waals surface area contributed by atoms with Gasteiger partial charge >= 0.3 is 0 Å². The topological polar surface area (TPSA) is 53.9 Å². The van der Waals surface area contributed by atoms with Gasteiger partial charge in [0, 0.05) is 19.8 Å². The number of hydrazone groups is 1. The summed E-state index contributed by atoms with van der Waals surface area (Å²) in [5.41, 5.74) is 5.56. The maximum atomic E-state index is 11.7. The zero-order valence-electron chi connectivity index (χ0n) is 13.6. The van der Waals surface area contributed by atoms with Crippen LogP contribution in [0.4, 0.5) is 5.69 Å². The number of carbonyl (C=O) groups is 1. The number of rotatable bonds is 6. The average molecular weight is 311 g/mol. The third kappa shape index (κ3) is 5.47. The Bertz CT molecular complexity index is 679. The van der Waals surface area contributed by atoms with Crippen molar-refractivity contribution in [3.8, 4) is 5.75 Å². The second kappa shape index (κ2) is 7.98. The van der Waals surface area contributed by atoms with E-state index in [0.717, 1.165) is 16.8 Å². The fraction of sp³-hybridized carbons (Fsp3) is 0.222. The molecule has 0 atom stereocenters. The van der Waals surface area contributed by atoms with Crippen molar-refractivity contribution in [2.75, 3.05) is 25.6 Å². The van der Waals surface area contributed by atoms with Crippen LogP contribution in [0.3, 0.4) is 0 Å². The summed E-state index contributed by atoms with van der Waals surface area (Å²) in [6.07, 6.45) is 1.60. The Balaban J connectivity index is 1.79. The summed E-state index contributed by atoms with van der Waals surface area (Å²) in [6, 6.07) is 15.4. The smallest absolute Gasteiger partial charge is 0.277 e. The largest absolute Gasteiger partial charge is 0.484 e. The highest BCUT2D eigenvalue weighted by atomic mass is 16.5. The van der Waals surface area contributed by atoms with Crippen LogP contribution in [0.1, 0.15) is 11.1 Å². The van der Waals surface area contributed by atoms with E-state index >= 15 is 0 Å². The number of ether oxygens (including phenoxy) is 1. The second-order valence-electron chi connectivity index (χ2n) is 5.38. The first-order valence-electron chi connectivity index (χ1n) is 7.33. The number of aryl methyl sites for hydroxylation is 1. The van der Waals surface area contributed by atoms with Crippen molar-refractivity contribution in [2.24, 2.45) is 5.10 Å². The molecular weight excluding hydrogens is 290 g/mol. The minimum absolute atomic E-state index is 0.0691. The van der Waals surface area contributed by atoms with E-state index in [1.165, 1.54) is 0 Å². The molecule has 0 aromatic heterocycles. The lowest BCUT2D eigenvalue weighted by atomic mass is 10.2. The minimum Gasteiger partial charge on any atom is -0.484 e. The van der Waals surface area contributed by atoms with Crippen molar-refractivity contribution < 1.29 is 9.53 Å². The molecule has 0 bridgehead atoms. The van der Waals surface area contributed by atoms with Gasteiger partial charge in [0.2, 0.25) is 0 Å². The molecule has 0 heterocycles. The van der Waals surface area contributed by atoms with Crippen LogP contribution in [0.5, 0.6) is 5.75 Å². The summed E-state index contributed by atoms with van der Waals surface area (Å²) < 4.78 is 5.40. The lowest BCUT2D eigenvalue weighted by molar-refractivity contribution is -0.123. The van der Waals surface area contributed by atoms with E-state index in [0.29, 0.717) is 5.75 Å². The van der Waals surface area contributed by atoms with Gasteiger partial charge in [0.15, 0.2) is 6.61 Å². The Morgan fingerprint density at radius 1 is 1.22 bits per heavy atom. The summed E-state index contributed by atoms with van der Waals surface area (Å²) in [6.45, 7) is 1.90.